The number of rotatable bonds is 6. The summed E-state index contributed by atoms with van der Waals surface area (Å²) in [6.07, 6.45) is 0. The summed E-state index contributed by atoms with van der Waals surface area (Å²) in [7, 11) is 1.63. The van der Waals surface area contributed by atoms with Gasteiger partial charge in [0.1, 0.15) is 5.69 Å². The zero-order valence-corrected chi connectivity index (χ0v) is 10.1. The summed E-state index contributed by atoms with van der Waals surface area (Å²) < 4.78 is 5.01. The Hall–Kier alpha value is -1.82. The molecule has 1 heterocycles. The molecule has 0 saturated carbocycles. The summed E-state index contributed by atoms with van der Waals surface area (Å²) >= 11 is 0. The van der Waals surface area contributed by atoms with Crippen molar-refractivity contribution >= 4 is 17.4 Å². The number of carbonyl (C=O) groups is 1. The highest BCUT2D eigenvalue weighted by Gasteiger charge is 2.12. The van der Waals surface area contributed by atoms with Gasteiger partial charge >= 0.3 is 0 Å². The number of primary amides is 1. The Bertz CT molecular complexity index is 395. The van der Waals surface area contributed by atoms with E-state index in [1.807, 2.05) is 11.8 Å². The lowest BCUT2D eigenvalue weighted by atomic mass is 10.3. The molecule has 0 aliphatic heterocycles. The van der Waals surface area contributed by atoms with Crippen LogP contribution >= 0.6 is 0 Å². The molecule has 0 bridgehead atoms. The number of carbonyl (C=O) groups excluding carboxylic acids is 1. The van der Waals surface area contributed by atoms with Crippen LogP contribution in [0.3, 0.4) is 0 Å². The quantitative estimate of drug-likeness (QED) is 0.740. The first-order valence-electron chi connectivity index (χ1n) is 5.40. The van der Waals surface area contributed by atoms with Crippen LogP contribution in [0.1, 0.15) is 17.4 Å². The Morgan fingerprint density at radius 3 is 2.76 bits per heavy atom. The highest BCUT2D eigenvalue weighted by molar-refractivity contribution is 5.91. The highest BCUT2D eigenvalue weighted by Crippen LogP contribution is 2.20. The number of likely N-dealkylation sites (N-methyl/N-ethyl adjacent to an activating group) is 1. The van der Waals surface area contributed by atoms with Crippen LogP contribution in [0.4, 0.5) is 11.5 Å². The number of pyridine rings is 1. The number of amides is 1. The molecule has 0 saturated heterocycles. The average molecular weight is 238 g/mol. The molecule has 94 valence electrons. The van der Waals surface area contributed by atoms with Crippen LogP contribution in [0.5, 0.6) is 0 Å². The Morgan fingerprint density at radius 1 is 1.53 bits per heavy atom. The van der Waals surface area contributed by atoms with E-state index < -0.39 is 5.91 Å². The fourth-order valence-corrected chi connectivity index (χ4v) is 1.46. The van der Waals surface area contributed by atoms with Crippen LogP contribution in [0.2, 0.25) is 0 Å². The summed E-state index contributed by atoms with van der Waals surface area (Å²) in [5.41, 5.74) is 11.8. The van der Waals surface area contributed by atoms with E-state index >= 15 is 0 Å². The molecule has 1 amide bonds. The number of ether oxygens (including phenoxy) is 1. The summed E-state index contributed by atoms with van der Waals surface area (Å²) in [5.74, 6) is 0.00916. The standard InChI is InChI=1S/C11H18N4O2/c1-3-15(6-7-17-2)11-8(12)4-5-9(14-11)10(13)16/h4-5H,3,6-7,12H2,1-2H3,(H2,13,16). The molecule has 0 aliphatic rings. The molecule has 4 N–H and O–H groups in total. The Labute approximate surface area is 101 Å². The van der Waals surface area contributed by atoms with Crippen LogP contribution in [0, 0.1) is 0 Å². The van der Waals surface area contributed by atoms with Crippen molar-refractivity contribution in [2.75, 3.05) is 37.4 Å². The number of hydrogen-bond acceptors (Lipinski definition) is 5. The highest BCUT2D eigenvalue weighted by atomic mass is 16.5. The van der Waals surface area contributed by atoms with Crippen LogP contribution in [-0.2, 0) is 4.74 Å². The van der Waals surface area contributed by atoms with E-state index in [9.17, 15) is 4.79 Å². The van der Waals surface area contributed by atoms with Crippen molar-refractivity contribution in [3.8, 4) is 0 Å². The van der Waals surface area contributed by atoms with E-state index in [0.717, 1.165) is 6.54 Å². The number of anilines is 2. The van der Waals surface area contributed by atoms with E-state index in [2.05, 4.69) is 4.98 Å². The van der Waals surface area contributed by atoms with Gasteiger partial charge in [-0.1, -0.05) is 0 Å². The van der Waals surface area contributed by atoms with Gasteiger partial charge < -0.3 is 21.1 Å². The summed E-state index contributed by atoms with van der Waals surface area (Å²) in [4.78, 5) is 17.2. The van der Waals surface area contributed by atoms with Crippen molar-refractivity contribution in [3.63, 3.8) is 0 Å². The molecule has 0 aliphatic carbocycles. The van der Waals surface area contributed by atoms with Gasteiger partial charge in [0.25, 0.3) is 5.91 Å². The molecule has 17 heavy (non-hydrogen) atoms. The molecular formula is C11H18N4O2. The van der Waals surface area contributed by atoms with Crippen molar-refractivity contribution in [1.82, 2.24) is 4.98 Å². The number of nitrogens with zero attached hydrogens (tertiary/aromatic N) is 2. The van der Waals surface area contributed by atoms with Crippen LogP contribution in [0.15, 0.2) is 12.1 Å². The Kier molecular flexibility index (Phi) is 4.71. The maximum atomic E-state index is 11.1. The van der Waals surface area contributed by atoms with Gasteiger partial charge in [-0.2, -0.15) is 0 Å². The molecule has 1 aromatic rings. The molecule has 6 heteroatoms. The van der Waals surface area contributed by atoms with Crippen LogP contribution in [-0.4, -0.2) is 37.7 Å². The van der Waals surface area contributed by atoms with Gasteiger partial charge in [0.2, 0.25) is 0 Å². The maximum absolute atomic E-state index is 11.1. The first-order chi connectivity index (χ1) is 8.10. The number of nitrogen functional groups attached to an aromatic ring is 1. The summed E-state index contributed by atoms with van der Waals surface area (Å²) in [6, 6.07) is 3.16. The fourth-order valence-electron chi connectivity index (χ4n) is 1.46. The second-order valence-corrected chi connectivity index (χ2v) is 3.55. The summed E-state index contributed by atoms with van der Waals surface area (Å²) in [5, 5.41) is 0. The van der Waals surface area contributed by atoms with Crippen molar-refractivity contribution < 1.29 is 9.53 Å². The van der Waals surface area contributed by atoms with E-state index in [-0.39, 0.29) is 5.69 Å². The van der Waals surface area contributed by atoms with E-state index in [1.165, 1.54) is 6.07 Å². The minimum atomic E-state index is -0.561. The lowest BCUT2D eigenvalue weighted by Gasteiger charge is -2.23. The van der Waals surface area contributed by atoms with Crippen molar-refractivity contribution in [1.29, 1.82) is 0 Å². The second kappa shape index (κ2) is 6.05. The van der Waals surface area contributed by atoms with Gasteiger partial charge in [-0.3, -0.25) is 4.79 Å². The van der Waals surface area contributed by atoms with Gasteiger partial charge in [0, 0.05) is 20.2 Å². The normalized spacial score (nSPS) is 10.2. The maximum Gasteiger partial charge on any atom is 0.267 e. The molecule has 0 radical (unpaired) electrons. The average Bonchev–Trinajstić information content (AvgIpc) is 2.31. The topological polar surface area (TPSA) is 94.5 Å². The largest absolute Gasteiger partial charge is 0.396 e. The van der Waals surface area contributed by atoms with Gasteiger partial charge in [-0.05, 0) is 19.1 Å². The van der Waals surface area contributed by atoms with Gasteiger partial charge in [-0.15, -0.1) is 0 Å². The van der Waals surface area contributed by atoms with Gasteiger partial charge in [0.15, 0.2) is 5.82 Å². The lowest BCUT2D eigenvalue weighted by Crippen LogP contribution is -2.29. The molecular weight excluding hydrogens is 220 g/mol. The zero-order valence-electron chi connectivity index (χ0n) is 10.1. The molecule has 1 rings (SSSR count). The van der Waals surface area contributed by atoms with Gasteiger partial charge in [0.05, 0.1) is 12.3 Å². The molecule has 0 unspecified atom stereocenters. The molecule has 1 aromatic heterocycles. The van der Waals surface area contributed by atoms with E-state index in [0.29, 0.717) is 24.7 Å². The number of methoxy groups -OCH3 is 1. The van der Waals surface area contributed by atoms with Crippen molar-refractivity contribution in [2.45, 2.75) is 6.92 Å². The van der Waals surface area contributed by atoms with Crippen LogP contribution < -0.4 is 16.4 Å². The zero-order chi connectivity index (χ0) is 12.8. The fraction of sp³-hybridized carbons (Fsp3) is 0.455. The first kappa shape index (κ1) is 13.2. The number of nitrogens with two attached hydrogens (primary N) is 2. The lowest BCUT2D eigenvalue weighted by molar-refractivity contribution is 0.0995. The van der Waals surface area contributed by atoms with E-state index in [4.69, 9.17) is 16.2 Å². The second-order valence-electron chi connectivity index (χ2n) is 3.55. The molecule has 6 nitrogen and oxygen atoms in total. The van der Waals surface area contributed by atoms with E-state index in [1.54, 1.807) is 13.2 Å². The third-order valence-corrected chi connectivity index (χ3v) is 2.40. The molecule has 0 aromatic carbocycles. The van der Waals surface area contributed by atoms with Crippen LogP contribution in [0.25, 0.3) is 0 Å². The smallest absolute Gasteiger partial charge is 0.267 e. The minimum Gasteiger partial charge on any atom is -0.396 e. The van der Waals surface area contributed by atoms with Crippen molar-refractivity contribution in [2.24, 2.45) is 5.73 Å². The predicted molar refractivity (Wildman–Crippen MR) is 66.9 cm³/mol. The minimum absolute atomic E-state index is 0.213. The Balaban J connectivity index is 3.00. The Morgan fingerprint density at radius 2 is 2.24 bits per heavy atom. The predicted octanol–water partition coefficient (Wildman–Crippen LogP) is 0.235. The van der Waals surface area contributed by atoms with Gasteiger partial charge in [-0.25, -0.2) is 4.98 Å². The first-order valence-corrected chi connectivity index (χ1v) is 5.40. The monoisotopic (exact) mass is 238 g/mol. The third-order valence-electron chi connectivity index (χ3n) is 2.40. The molecule has 0 spiro atoms. The molecule has 0 fully saturated rings. The summed E-state index contributed by atoms with van der Waals surface area (Å²) in [6.45, 7) is 3.93. The van der Waals surface area contributed by atoms with Crippen molar-refractivity contribution in [3.05, 3.63) is 17.8 Å². The third kappa shape index (κ3) is 3.32. The molecule has 0 atom stereocenters. The number of hydrogen-bond donors (Lipinski definition) is 2. The number of aromatic nitrogens is 1. The SMILES string of the molecule is CCN(CCOC)c1nc(C(N)=O)ccc1N.